The number of rotatable bonds is 6. The van der Waals surface area contributed by atoms with Crippen LogP contribution in [0.1, 0.15) is 17.5 Å². The van der Waals surface area contributed by atoms with Crippen LogP contribution in [0.2, 0.25) is 0 Å². The van der Waals surface area contributed by atoms with Gasteiger partial charge in [-0.3, -0.25) is 9.59 Å². The molecule has 0 aliphatic carbocycles. The molecule has 1 aliphatic heterocycles. The normalized spacial score (nSPS) is 20.5. The van der Waals surface area contributed by atoms with E-state index in [1.54, 1.807) is 19.9 Å². The van der Waals surface area contributed by atoms with E-state index >= 15 is 0 Å². The highest BCUT2D eigenvalue weighted by Crippen LogP contribution is 2.28. The summed E-state index contributed by atoms with van der Waals surface area (Å²) < 4.78 is 67.5. The van der Waals surface area contributed by atoms with Gasteiger partial charge in [0.05, 0.1) is 11.0 Å². The largest absolute Gasteiger partial charge is 0.454 e. The zero-order valence-corrected chi connectivity index (χ0v) is 16.5. The standard InChI is InChI=1S/C17H21F3N2O6S/c1-10-3-4-13(5-11(10)2)29(26,27)22-7-12(23)6-14(22)16(25)28-8-15(24)21-9-17(18,19)20/h3-5,12,14,23H,6-9H2,1-2H3,(H,21,24). The average molecular weight is 438 g/mol. The first-order chi connectivity index (χ1) is 13.3. The number of halogens is 3. The van der Waals surface area contributed by atoms with E-state index in [0.717, 1.165) is 9.87 Å². The van der Waals surface area contributed by atoms with Gasteiger partial charge in [-0.2, -0.15) is 17.5 Å². The van der Waals surface area contributed by atoms with Gasteiger partial charge in [0.25, 0.3) is 5.91 Å². The third-order valence-electron chi connectivity index (χ3n) is 4.42. The number of aliphatic hydroxyl groups is 1. The number of hydrogen-bond donors (Lipinski definition) is 2. The Morgan fingerprint density at radius 1 is 1.28 bits per heavy atom. The molecule has 2 atom stereocenters. The molecule has 162 valence electrons. The van der Waals surface area contributed by atoms with Crippen molar-refractivity contribution < 1.29 is 41.0 Å². The van der Waals surface area contributed by atoms with Crippen molar-refractivity contribution >= 4 is 21.9 Å². The van der Waals surface area contributed by atoms with Gasteiger partial charge in [-0.25, -0.2) is 8.42 Å². The molecule has 0 saturated carbocycles. The van der Waals surface area contributed by atoms with E-state index < -0.39 is 53.4 Å². The monoisotopic (exact) mass is 438 g/mol. The molecule has 1 aliphatic rings. The minimum atomic E-state index is -4.62. The van der Waals surface area contributed by atoms with Crippen LogP contribution in [0.5, 0.6) is 0 Å². The van der Waals surface area contributed by atoms with Crippen molar-refractivity contribution in [1.29, 1.82) is 0 Å². The number of esters is 1. The van der Waals surface area contributed by atoms with Crippen molar-refractivity contribution in [2.24, 2.45) is 0 Å². The molecule has 1 aromatic rings. The zero-order chi connectivity index (χ0) is 22.0. The van der Waals surface area contributed by atoms with Gasteiger partial charge in [-0.15, -0.1) is 0 Å². The van der Waals surface area contributed by atoms with Crippen molar-refractivity contribution in [1.82, 2.24) is 9.62 Å². The van der Waals surface area contributed by atoms with Crippen LogP contribution in [0.25, 0.3) is 0 Å². The Balaban J connectivity index is 2.10. The molecule has 1 amide bonds. The molecule has 8 nitrogen and oxygen atoms in total. The molecule has 1 saturated heterocycles. The Bertz CT molecular complexity index is 888. The molecule has 1 fully saturated rings. The average Bonchev–Trinajstić information content (AvgIpc) is 3.02. The highest BCUT2D eigenvalue weighted by molar-refractivity contribution is 7.89. The van der Waals surface area contributed by atoms with Crippen LogP contribution in [-0.4, -0.2) is 67.7 Å². The predicted octanol–water partition coefficient (Wildman–Crippen LogP) is 0.649. The number of amides is 1. The summed E-state index contributed by atoms with van der Waals surface area (Å²) in [6.07, 6.45) is -6.01. The molecule has 1 aromatic carbocycles. The summed E-state index contributed by atoms with van der Waals surface area (Å²) in [4.78, 5) is 23.6. The number of hydrogen-bond acceptors (Lipinski definition) is 6. The Kier molecular flexibility index (Phi) is 6.91. The van der Waals surface area contributed by atoms with E-state index in [1.807, 2.05) is 0 Å². The molecule has 0 bridgehead atoms. The van der Waals surface area contributed by atoms with E-state index in [2.05, 4.69) is 4.74 Å². The number of ether oxygens (including phenoxy) is 1. The van der Waals surface area contributed by atoms with Crippen molar-refractivity contribution in [3.8, 4) is 0 Å². The molecule has 0 spiro atoms. The summed E-state index contributed by atoms with van der Waals surface area (Å²) in [5.41, 5.74) is 1.58. The van der Waals surface area contributed by atoms with Crippen molar-refractivity contribution in [2.45, 2.75) is 43.5 Å². The van der Waals surface area contributed by atoms with Crippen LogP contribution in [0.4, 0.5) is 13.2 Å². The second-order valence-corrected chi connectivity index (χ2v) is 8.62. The summed E-state index contributed by atoms with van der Waals surface area (Å²) in [7, 11) is -4.15. The number of carbonyl (C=O) groups is 2. The fraction of sp³-hybridized carbons (Fsp3) is 0.529. The van der Waals surface area contributed by atoms with Gasteiger partial charge in [0, 0.05) is 13.0 Å². The van der Waals surface area contributed by atoms with Crippen LogP contribution in [-0.2, 0) is 24.3 Å². The number of nitrogens with one attached hydrogen (secondary N) is 1. The predicted molar refractivity (Wildman–Crippen MR) is 94.2 cm³/mol. The first kappa shape index (κ1) is 23.1. The Hall–Kier alpha value is -2.18. The number of alkyl halides is 3. The van der Waals surface area contributed by atoms with Crippen molar-refractivity contribution in [3.63, 3.8) is 0 Å². The summed E-state index contributed by atoms with van der Waals surface area (Å²) in [6.45, 7) is 0.584. The molecule has 2 N–H and O–H groups in total. The number of aliphatic hydroxyl groups excluding tert-OH is 1. The van der Waals surface area contributed by atoms with Crippen LogP contribution in [0.3, 0.4) is 0 Å². The highest BCUT2D eigenvalue weighted by Gasteiger charge is 2.44. The van der Waals surface area contributed by atoms with Gasteiger partial charge in [0.1, 0.15) is 12.6 Å². The maximum Gasteiger partial charge on any atom is 0.405 e. The zero-order valence-electron chi connectivity index (χ0n) is 15.7. The highest BCUT2D eigenvalue weighted by atomic mass is 32.2. The third kappa shape index (κ3) is 5.90. The smallest absolute Gasteiger partial charge is 0.405 e. The van der Waals surface area contributed by atoms with Crippen LogP contribution >= 0.6 is 0 Å². The van der Waals surface area contributed by atoms with E-state index in [0.29, 0.717) is 5.56 Å². The molecule has 0 aromatic heterocycles. The Morgan fingerprint density at radius 3 is 2.52 bits per heavy atom. The maximum absolute atomic E-state index is 12.9. The molecule has 2 unspecified atom stereocenters. The topological polar surface area (TPSA) is 113 Å². The third-order valence-corrected chi connectivity index (χ3v) is 6.29. The summed E-state index contributed by atoms with van der Waals surface area (Å²) in [5.74, 6) is -2.31. The lowest BCUT2D eigenvalue weighted by molar-refractivity contribution is -0.153. The summed E-state index contributed by atoms with van der Waals surface area (Å²) >= 11 is 0. The van der Waals surface area contributed by atoms with Crippen LogP contribution in [0.15, 0.2) is 23.1 Å². The quantitative estimate of drug-likeness (QED) is 0.631. The van der Waals surface area contributed by atoms with E-state index in [9.17, 15) is 36.3 Å². The Labute approximate surface area is 165 Å². The molecule has 12 heteroatoms. The summed E-state index contributed by atoms with van der Waals surface area (Å²) in [5, 5.41) is 11.4. The Morgan fingerprint density at radius 2 is 1.93 bits per heavy atom. The lowest BCUT2D eigenvalue weighted by Crippen LogP contribution is -2.43. The van der Waals surface area contributed by atoms with Crippen molar-refractivity contribution in [2.75, 3.05) is 19.7 Å². The van der Waals surface area contributed by atoms with Gasteiger partial charge in [0.15, 0.2) is 6.61 Å². The molecule has 2 rings (SSSR count). The molecule has 29 heavy (non-hydrogen) atoms. The number of carbonyl (C=O) groups excluding carboxylic acids is 2. The second kappa shape index (κ2) is 8.67. The lowest BCUT2D eigenvalue weighted by atomic mass is 10.1. The number of β-amino-alcohol motifs (C(OH)–C–C–N with tert-alkyl or cyclic N) is 1. The van der Waals surface area contributed by atoms with Gasteiger partial charge < -0.3 is 15.2 Å². The summed E-state index contributed by atoms with van der Waals surface area (Å²) in [6, 6.07) is 3.01. The number of sulfonamides is 1. The fourth-order valence-corrected chi connectivity index (χ4v) is 4.47. The molecule has 1 heterocycles. The minimum absolute atomic E-state index is 0.0737. The number of aryl methyl sites for hydroxylation is 2. The van der Waals surface area contributed by atoms with Gasteiger partial charge in [-0.05, 0) is 37.1 Å². The SMILES string of the molecule is Cc1ccc(S(=O)(=O)N2CC(O)CC2C(=O)OCC(=O)NCC(F)(F)F)cc1C. The fourth-order valence-electron chi connectivity index (χ4n) is 2.76. The molecular weight excluding hydrogens is 417 g/mol. The minimum Gasteiger partial charge on any atom is -0.454 e. The van der Waals surface area contributed by atoms with Crippen molar-refractivity contribution in [3.05, 3.63) is 29.3 Å². The first-order valence-corrected chi connectivity index (χ1v) is 10.0. The van der Waals surface area contributed by atoms with E-state index in [1.165, 1.54) is 17.4 Å². The molecular formula is C17H21F3N2O6S. The van der Waals surface area contributed by atoms with Gasteiger partial charge >= 0.3 is 12.1 Å². The lowest BCUT2D eigenvalue weighted by Gasteiger charge is -2.22. The first-order valence-electron chi connectivity index (χ1n) is 8.58. The second-order valence-electron chi connectivity index (χ2n) is 6.73. The number of benzene rings is 1. The van der Waals surface area contributed by atoms with Gasteiger partial charge in [-0.1, -0.05) is 6.07 Å². The maximum atomic E-state index is 12.9. The van der Waals surface area contributed by atoms with E-state index in [-0.39, 0.29) is 17.9 Å². The number of nitrogens with zero attached hydrogens (tertiary/aromatic N) is 1. The van der Waals surface area contributed by atoms with Gasteiger partial charge in [0.2, 0.25) is 10.0 Å². The molecule has 0 radical (unpaired) electrons. The van der Waals surface area contributed by atoms with E-state index in [4.69, 9.17) is 0 Å². The van der Waals surface area contributed by atoms with Crippen LogP contribution < -0.4 is 5.32 Å². The van der Waals surface area contributed by atoms with Crippen LogP contribution in [0, 0.1) is 13.8 Å².